The molecular weight excluding hydrogens is 176 g/mol. The molecule has 13 heavy (non-hydrogen) atoms. The van der Waals surface area contributed by atoms with Crippen LogP contribution in [-0.2, 0) is 23.9 Å². The van der Waals surface area contributed by atoms with Gasteiger partial charge >= 0.3 is 0 Å². The van der Waals surface area contributed by atoms with Gasteiger partial charge in [0, 0.05) is 5.92 Å². The van der Waals surface area contributed by atoms with Gasteiger partial charge in [-0.25, -0.2) is 0 Å². The second-order valence-electron chi connectivity index (χ2n) is 2.88. The molecule has 2 unspecified atom stereocenters. The van der Waals surface area contributed by atoms with Crippen molar-refractivity contribution in [3.05, 3.63) is 0 Å². The highest BCUT2D eigenvalue weighted by Crippen LogP contribution is 2.22. The number of hydrogen-bond donors (Lipinski definition) is 0. The maximum atomic E-state index is 11.1. The van der Waals surface area contributed by atoms with E-state index in [-0.39, 0.29) is 13.1 Å². The van der Waals surface area contributed by atoms with Gasteiger partial charge < -0.3 is 4.74 Å². The number of hydrogen-bond acceptors (Lipinski definition) is 5. The normalized spacial score (nSPS) is 27.9. The van der Waals surface area contributed by atoms with Crippen molar-refractivity contribution in [2.45, 2.75) is 6.92 Å². The summed E-state index contributed by atoms with van der Waals surface area (Å²) in [4.78, 5) is 42.7. The summed E-state index contributed by atoms with van der Waals surface area (Å²) in [5.74, 6) is -3.87. The van der Waals surface area contributed by atoms with Crippen molar-refractivity contribution in [3.8, 4) is 0 Å². The Morgan fingerprint density at radius 3 is 2.31 bits per heavy atom. The van der Waals surface area contributed by atoms with Crippen LogP contribution in [-0.4, -0.2) is 30.4 Å². The van der Waals surface area contributed by atoms with E-state index in [1.165, 1.54) is 6.92 Å². The lowest BCUT2D eigenvalue weighted by Gasteiger charge is -2.08. The molecule has 1 aliphatic rings. The minimum Gasteiger partial charge on any atom is -0.467 e. The van der Waals surface area contributed by atoms with E-state index in [1.807, 2.05) is 0 Å². The van der Waals surface area contributed by atoms with E-state index in [2.05, 4.69) is 4.74 Å². The summed E-state index contributed by atoms with van der Waals surface area (Å²) in [7, 11) is 0. The first-order valence-corrected chi connectivity index (χ1v) is 3.77. The fourth-order valence-electron chi connectivity index (χ4n) is 1.27. The van der Waals surface area contributed by atoms with Gasteiger partial charge in [0.25, 0.3) is 12.3 Å². The molecule has 0 saturated heterocycles. The van der Waals surface area contributed by atoms with E-state index in [4.69, 9.17) is 0 Å². The second-order valence-corrected chi connectivity index (χ2v) is 2.88. The summed E-state index contributed by atoms with van der Waals surface area (Å²) in [6, 6.07) is 0. The van der Waals surface area contributed by atoms with Crippen LogP contribution in [0.25, 0.3) is 0 Å². The second kappa shape index (κ2) is 3.47. The molecule has 0 aliphatic heterocycles. The monoisotopic (exact) mass is 184 g/mol. The summed E-state index contributed by atoms with van der Waals surface area (Å²) in [5.41, 5.74) is 0. The average molecular weight is 184 g/mol. The lowest BCUT2D eigenvalue weighted by molar-refractivity contribution is -0.141. The summed E-state index contributed by atoms with van der Waals surface area (Å²) in [5, 5.41) is 0. The van der Waals surface area contributed by atoms with Crippen LogP contribution in [0.4, 0.5) is 0 Å². The van der Waals surface area contributed by atoms with Crippen LogP contribution in [0.15, 0.2) is 0 Å². The van der Waals surface area contributed by atoms with Crippen LogP contribution in [0.2, 0.25) is 0 Å². The molecule has 0 bridgehead atoms. The third-order valence-corrected chi connectivity index (χ3v) is 2.15. The van der Waals surface area contributed by atoms with E-state index < -0.39 is 29.2 Å². The number of ketones is 3. The summed E-state index contributed by atoms with van der Waals surface area (Å²) in [6.45, 7) is 1.47. The van der Waals surface area contributed by atoms with Gasteiger partial charge in [0.05, 0.1) is 5.92 Å². The lowest BCUT2D eigenvalue weighted by Crippen LogP contribution is -2.21. The molecule has 0 N–H and O–H groups in total. The Bertz CT molecular complexity index is 280. The lowest BCUT2D eigenvalue weighted by atomic mass is 9.98. The highest BCUT2D eigenvalue weighted by Gasteiger charge is 2.46. The highest BCUT2D eigenvalue weighted by atomic mass is 16.5. The van der Waals surface area contributed by atoms with Gasteiger partial charge in [-0.2, -0.15) is 0 Å². The zero-order valence-corrected chi connectivity index (χ0v) is 6.98. The van der Waals surface area contributed by atoms with Crippen molar-refractivity contribution in [2.75, 3.05) is 6.61 Å². The number of Topliss-reactive ketones (excluding diaryl/α,β-unsaturated/α-hetero) is 3. The first-order chi connectivity index (χ1) is 6.09. The van der Waals surface area contributed by atoms with Crippen molar-refractivity contribution < 1.29 is 23.9 Å². The van der Waals surface area contributed by atoms with E-state index in [0.29, 0.717) is 0 Å². The van der Waals surface area contributed by atoms with Crippen molar-refractivity contribution in [1.82, 2.24) is 0 Å². The molecule has 0 spiro atoms. The summed E-state index contributed by atoms with van der Waals surface area (Å²) >= 11 is 0. The van der Waals surface area contributed by atoms with E-state index >= 15 is 0 Å². The van der Waals surface area contributed by atoms with Gasteiger partial charge in [-0.3, -0.25) is 19.2 Å². The standard InChI is InChI=1S/C8H8O5/c1-4-5(2-13-3-9)7(11)8(12)6(4)10/h3-5H,2H2,1H3. The Labute approximate surface area is 74.0 Å². The molecule has 70 valence electrons. The summed E-state index contributed by atoms with van der Waals surface area (Å²) in [6.07, 6.45) is 0. The van der Waals surface area contributed by atoms with Gasteiger partial charge in [-0.1, -0.05) is 6.92 Å². The van der Waals surface area contributed by atoms with Crippen LogP contribution in [0.5, 0.6) is 0 Å². The zero-order chi connectivity index (χ0) is 10.0. The third kappa shape index (κ3) is 1.49. The molecule has 0 amide bonds. The maximum Gasteiger partial charge on any atom is 0.293 e. The molecule has 1 saturated carbocycles. The molecule has 0 aromatic rings. The maximum absolute atomic E-state index is 11.1. The fraction of sp³-hybridized carbons (Fsp3) is 0.500. The predicted octanol–water partition coefficient (Wildman–Crippen LogP) is -0.867. The van der Waals surface area contributed by atoms with Crippen LogP contribution in [0, 0.1) is 11.8 Å². The molecule has 0 aromatic heterocycles. The predicted molar refractivity (Wildman–Crippen MR) is 39.7 cm³/mol. The minimum absolute atomic E-state index is 0.188. The number of carbonyl (C=O) groups excluding carboxylic acids is 4. The first kappa shape index (κ1) is 9.57. The topological polar surface area (TPSA) is 77.5 Å². The van der Waals surface area contributed by atoms with E-state index in [0.717, 1.165) is 0 Å². The number of ether oxygens (including phenoxy) is 1. The molecule has 1 aliphatic carbocycles. The van der Waals surface area contributed by atoms with Gasteiger partial charge in [0.15, 0.2) is 0 Å². The van der Waals surface area contributed by atoms with Crippen molar-refractivity contribution in [2.24, 2.45) is 11.8 Å². The number of rotatable bonds is 3. The van der Waals surface area contributed by atoms with Crippen LogP contribution in [0.1, 0.15) is 6.92 Å². The quantitative estimate of drug-likeness (QED) is 0.421. The Morgan fingerprint density at radius 2 is 1.92 bits per heavy atom. The Kier molecular flexibility index (Phi) is 2.55. The van der Waals surface area contributed by atoms with Gasteiger partial charge in [0.2, 0.25) is 11.6 Å². The Morgan fingerprint density at radius 1 is 1.31 bits per heavy atom. The molecule has 1 rings (SSSR count). The number of carbonyl (C=O) groups is 4. The highest BCUT2D eigenvalue weighted by molar-refractivity contribution is 6.68. The summed E-state index contributed by atoms with van der Waals surface area (Å²) < 4.78 is 4.35. The molecule has 2 atom stereocenters. The van der Waals surface area contributed by atoms with Gasteiger partial charge in [-0.05, 0) is 0 Å². The van der Waals surface area contributed by atoms with Crippen LogP contribution in [0.3, 0.4) is 0 Å². The van der Waals surface area contributed by atoms with E-state index in [1.54, 1.807) is 0 Å². The van der Waals surface area contributed by atoms with Gasteiger partial charge in [0.1, 0.15) is 6.61 Å². The van der Waals surface area contributed by atoms with Crippen molar-refractivity contribution >= 4 is 23.8 Å². The molecule has 0 radical (unpaired) electrons. The Hall–Kier alpha value is -1.52. The zero-order valence-electron chi connectivity index (χ0n) is 6.98. The molecular formula is C8H8O5. The van der Waals surface area contributed by atoms with Crippen LogP contribution < -0.4 is 0 Å². The Balaban J connectivity index is 2.75. The minimum atomic E-state index is -0.980. The van der Waals surface area contributed by atoms with E-state index in [9.17, 15) is 19.2 Å². The van der Waals surface area contributed by atoms with Gasteiger partial charge in [-0.15, -0.1) is 0 Å². The average Bonchev–Trinajstić information content (AvgIpc) is 2.30. The third-order valence-electron chi connectivity index (χ3n) is 2.15. The van der Waals surface area contributed by atoms with Crippen molar-refractivity contribution in [1.29, 1.82) is 0 Å². The SMILES string of the molecule is CC1C(=O)C(=O)C(=O)C1COC=O. The van der Waals surface area contributed by atoms with Crippen molar-refractivity contribution in [3.63, 3.8) is 0 Å². The smallest absolute Gasteiger partial charge is 0.293 e. The molecule has 0 heterocycles. The largest absolute Gasteiger partial charge is 0.467 e. The molecule has 5 nitrogen and oxygen atoms in total. The fourth-order valence-corrected chi connectivity index (χ4v) is 1.27. The molecule has 1 fully saturated rings. The molecule has 0 aromatic carbocycles. The first-order valence-electron chi connectivity index (χ1n) is 3.77. The molecule has 5 heteroatoms. The van der Waals surface area contributed by atoms with Crippen LogP contribution >= 0.6 is 0 Å².